The molecule has 0 saturated carbocycles. The van der Waals surface area contributed by atoms with E-state index < -0.39 is 17.9 Å². The van der Waals surface area contributed by atoms with Crippen molar-refractivity contribution in [1.29, 1.82) is 0 Å². The average molecular weight is 810 g/mol. The maximum Gasteiger partial charge on any atom is 0.338 e. The molecule has 1 aliphatic heterocycles. The lowest BCUT2D eigenvalue weighted by Crippen LogP contribution is -2.45. The zero-order valence-electron chi connectivity index (χ0n) is 22.8. The zero-order chi connectivity index (χ0) is 30.1. The minimum atomic E-state index is -0.618. The molecular formula is C30H28I2N4O5S. The molecule has 1 heterocycles. The van der Waals surface area contributed by atoms with Crippen molar-refractivity contribution in [2.75, 3.05) is 13.2 Å². The highest BCUT2D eigenvalue weighted by molar-refractivity contribution is 14.1. The number of hydrogen-bond donors (Lipinski definition) is 3. The molecule has 1 atom stereocenters. The van der Waals surface area contributed by atoms with Gasteiger partial charge < -0.3 is 24.8 Å². The van der Waals surface area contributed by atoms with Gasteiger partial charge in [-0.2, -0.15) is 5.10 Å². The lowest BCUT2D eigenvalue weighted by atomic mass is 9.95. The summed E-state index contributed by atoms with van der Waals surface area (Å²) in [6.07, 6.45) is 1.55. The molecule has 1 amide bonds. The number of rotatable bonds is 11. The fraction of sp³-hybridized carbons (Fsp3) is 0.200. The number of nitrogens with zero attached hydrogens (tertiary/aromatic N) is 1. The van der Waals surface area contributed by atoms with E-state index in [9.17, 15) is 9.59 Å². The molecule has 1 aliphatic rings. The maximum absolute atomic E-state index is 12.8. The van der Waals surface area contributed by atoms with Gasteiger partial charge in [0.05, 0.1) is 28.0 Å². The number of halogens is 2. The van der Waals surface area contributed by atoms with Gasteiger partial charge in [0.2, 0.25) is 0 Å². The van der Waals surface area contributed by atoms with Crippen molar-refractivity contribution in [2.45, 2.75) is 26.5 Å². The molecule has 3 aromatic rings. The molecule has 3 aromatic carbocycles. The summed E-state index contributed by atoms with van der Waals surface area (Å²) >= 11 is 9.78. The second-order valence-electron chi connectivity index (χ2n) is 8.99. The Kier molecular flexibility index (Phi) is 11.5. The Bertz CT molecular complexity index is 1530. The van der Waals surface area contributed by atoms with Crippen molar-refractivity contribution in [3.63, 3.8) is 0 Å². The number of allylic oxidation sites excluding steroid dienone is 1. The third kappa shape index (κ3) is 8.41. The number of ether oxygens (including phenoxy) is 3. The van der Waals surface area contributed by atoms with Crippen LogP contribution < -0.4 is 25.5 Å². The van der Waals surface area contributed by atoms with Crippen molar-refractivity contribution >= 4 is 80.6 Å². The van der Waals surface area contributed by atoms with E-state index in [-0.39, 0.29) is 13.2 Å². The van der Waals surface area contributed by atoms with Crippen molar-refractivity contribution in [3.05, 3.63) is 102 Å². The molecule has 0 saturated heterocycles. The number of hydrogen-bond acceptors (Lipinski definition) is 7. The SMILES string of the molecule is CCOC(=O)C1=C(C)NC(=S)N[C@@H]1c1ccccc1OCC(=O)NN=Cc1cc(I)cc(I)c1OCc1ccccc1. The predicted octanol–water partition coefficient (Wildman–Crippen LogP) is 5.36. The van der Waals surface area contributed by atoms with Crippen LogP contribution in [0.1, 0.15) is 36.6 Å². The first-order valence-electron chi connectivity index (χ1n) is 12.9. The second kappa shape index (κ2) is 15.3. The second-order valence-corrected chi connectivity index (χ2v) is 11.8. The number of hydrazone groups is 1. The van der Waals surface area contributed by atoms with Gasteiger partial charge in [-0.15, -0.1) is 0 Å². The van der Waals surface area contributed by atoms with Gasteiger partial charge in [0.25, 0.3) is 5.91 Å². The van der Waals surface area contributed by atoms with Gasteiger partial charge in [0.15, 0.2) is 11.7 Å². The molecule has 42 heavy (non-hydrogen) atoms. The molecule has 9 nitrogen and oxygen atoms in total. The predicted molar refractivity (Wildman–Crippen MR) is 181 cm³/mol. The summed E-state index contributed by atoms with van der Waals surface area (Å²) in [4.78, 5) is 25.4. The summed E-state index contributed by atoms with van der Waals surface area (Å²) in [7, 11) is 0. The number of carbonyl (C=O) groups is 2. The first kappa shape index (κ1) is 31.7. The van der Waals surface area contributed by atoms with Crippen LogP contribution in [0.25, 0.3) is 0 Å². The quantitative estimate of drug-likeness (QED) is 0.0782. The Labute approximate surface area is 276 Å². The summed E-state index contributed by atoms with van der Waals surface area (Å²) in [5.74, 6) is 0.161. The van der Waals surface area contributed by atoms with Crippen LogP contribution in [0.2, 0.25) is 0 Å². The van der Waals surface area contributed by atoms with E-state index in [1.54, 1.807) is 38.3 Å². The molecule has 0 aliphatic carbocycles. The highest BCUT2D eigenvalue weighted by Crippen LogP contribution is 2.33. The van der Waals surface area contributed by atoms with E-state index >= 15 is 0 Å². The third-order valence-electron chi connectivity index (χ3n) is 6.01. The van der Waals surface area contributed by atoms with Crippen molar-refractivity contribution in [1.82, 2.24) is 16.1 Å². The number of thiocarbonyl (C=S) groups is 1. The van der Waals surface area contributed by atoms with E-state index in [2.05, 4.69) is 66.3 Å². The number of nitrogens with one attached hydrogen (secondary N) is 3. The molecule has 0 unspecified atom stereocenters. The Hall–Kier alpha value is -3.24. The molecule has 4 rings (SSSR count). The van der Waals surface area contributed by atoms with Crippen LogP contribution in [-0.2, 0) is 20.9 Å². The Morgan fingerprint density at radius 1 is 1.07 bits per heavy atom. The molecule has 0 aromatic heterocycles. The lowest BCUT2D eigenvalue weighted by molar-refractivity contribution is -0.139. The average Bonchev–Trinajstić information content (AvgIpc) is 2.96. The molecule has 0 bridgehead atoms. The summed E-state index contributed by atoms with van der Waals surface area (Å²) in [6, 6.07) is 20.3. The molecule has 0 spiro atoms. The van der Waals surface area contributed by atoms with Gasteiger partial charge >= 0.3 is 5.97 Å². The van der Waals surface area contributed by atoms with Crippen LogP contribution in [0.4, 0.5) is 0 Å². The smallest absolute Gasteiger partial charge is 0.338 e. The van der Waals surface area contributed by atoms with Crippen LogP contribution in [-0.4, -0.2) is 36.4 Å². The van der Waals surface area contributed by atoms with E-state index in [1.807, 2.05) is 48.5 Å². The minimum absolute atomic E-state index is 0.230. The van der Waals surface area contributed by atoms with Gasteiger partial charge in [0, 0.05) is 20.4 Å². The van der Waals surface area contributed by atoms with Crippen LogP contribution >= 0.6 is 57.4 Å². The first-order chi connectivity index (χ1) is 20.3. The molecule has 0 fully saturated rings. The molecule has 12 heteroatoms. The first-order valence-corrected chi connectivity index (χ1v) is 15.5. The summed E-state index contributed by atoms with van der Waals surface area (Å²) < 4.78 is 19.2. The Morgan fingerprint density at radius 2 is 1.81 bits per heavy atom. The van der Waals surface area contributed by atoms with Crippen molar-refractivity contribution in [3.8, 4) is 11.5 Å². The Balaban J connectivity index is 1.43. The van der Waals surface area contributed by atoms with Crippen LogP contribution in [0.3, 0.4) is 0 Å². The standard InChI is InChI=1S/C30H28I2N4O5S/c1-3-39-29(38)26-18(2)34-30(42)35-27(26)22-11-7-8-12-24(22)40-17-25(37)36-33-15-20-13-21(31)14-23(32)28(20)41-16-19-9-5-4-6-10-19/h4-15,27H,3,16-17H2,1-2H3,(H,36,37)(H2,34,35,42)/t27-/m1/s1. The van der Waals surface area contributed by atoms with E-state index in [0.29, 0.717) is 40.1 Å². The number of carbonyl (C=O) groups excluding carboxylic acids is 2. The van der Waals surface area contributed by atoms with Crippen LogP contribution in [0.5, 0.6) is 11.5 Å². The third-order valence-corrected chi connectivity index (χ3v) is 7.65. The summed E-state index contributed by atoms with van der Waals surface area (Å²) in [5.41, 5.74) is 5.89. The van der Waals surface area contributed by atoms with Gasteiger partial charge in [-0.05, 0) is 95.0 Å². The van der Waals surface area contributed by atoms with E-state index in [1.165, 1.54) is 0 Å². The zero-order valence-corrected chi connectivity index (χ0v) is 27.9. The summed E-state index contributed by atoms with van der Waals surface area (Å²) in [5, 5.41) is 10.6. The topological polar surface area (TPSA) is 110 Å². The van der Waals surface area contributed by atoms with Gasteiger partial charge in [-0.1, -0.05) is 48.5 Å². The van der Waals surface area contributed by atoms with Gasteiger partial charge in [0.1, 0.15) is 18.1 Å². The highest BCUT2D eigenvalue weighted by atomic mass is 127. The highest BCUT2D eigenvalue weighted by Gasteiger charge is 2.32. The maximum atomic E-state index is 12.8. The number of amides is 1. The fourth-order valence-corrected chi connectivity index (χ4v) is 6.48. The number of benzene rings is 3. The van der Waals surface area contributed by atoms with E-state index in [4.69, 9.17) is 26.4 Å². The number of esters is 1. The van der Waals surface area contributed by atoms with Gasteiger partial charge in [-0.3, -0.25) is 4.79 Å². The van der Waals surface area contributed by atoms with Crippen LogP contribution in [0, 0.1) is 7.14 Å². The Morgan fingerprint density at radius 3 is 2.57 bits per heavy atom. The van der Waals surface area contributed by atoms with Crippen LogP contribution in [0.15, 0.2) is 83.1 Å². The molecular weight excluding hydrogens is 782 g/mol. The molecule has 0 radical (unpaired) electrons. The van der Waals surface area contributed by atoms with Gasteiger partial charge in [-0.25, -0.2) is 10.2 Å². The monoisotopic (exact) mass is 810 g/mol. The van der Waals surface area contributed by atoms with E-state index in [0.717, 1.165) is 18.3 Å². The summed E-state index contributed by atoms with van der Waals surface area (Å²) in [6.45, 7) is 3.83. The van der Waals surface area contributed by atoms with Crippen molar-refractivity contribution in [2.24, 2.45) is 5.10 Å². The lowest BCUT2D eigenvalue weighted by Gasteiger charge is -2.30. The minimum Gasteiger partial charge on any atom is -0.487 e. The molecule has 3 N–H and O–H groups in total. The number of para-hydroxylation sites is 1. The van der Waals surface area contributed by atoms with Crippen molar-refractivity contribution < 1.29 is 23.8 Å². The largest absolute Gasteiger partial charge is 0.487 e. The molecule has 218 valence electrons. The normalized spacial score (nSPS) is 14.7. The fourth-order valence-electron chi connectivity index (χ4n) is 4.16.